The van der Waals surface area contributed by atoms with Crippen molar-refractivity contribution in [2.75, 3.05) is 6.61 Å². The van der Waals surface area contributed by atoms with Gasteiger partial charge >= 0.3 is 16.8 Å². The van der Waals surface area contributed by atoms with Crippen molar-refractivity contribution in [3.63, 3.8) is 0 Å². The molecule has 0 saturated heterocycles. The van der Waals surface area contributed by atoms with Gasteiger partial charge in [-0.05, 0) is 0 Å². The van der Waals surface area contributed by atoms with E-state index in [0.29, 0.717) is 0 Å². The van der Waals surface area contributed by atoms with Crippen LogP contribution in [0.1, 0.15) is 0 Å². The first kappa shape index (κ1) is 8.82. The Morgan fingerprint density at radius 1 is 1.75 bits per heavy atom. The maximum absolute atomic E-state index is 7.46. The van der Waals surface area contributed by atoms with Gasteiger partial charge in [0.1, 0.15) is 0 Å². The number of hydrogen-bond donors (Lipinski definition) is 1. The number of rotatable bonds is 0. The predicted octanol–water partition coefficient (Wildman–Crippen LogP) is -0.190. The molecule has 0 fully saturated rings. The van der Waals surface area contributed by atoms with Gasteiger partial charge in [-0.25, -0.2) is 0 Å². The van der Waals surface area contributed by atoms with Crippen molar-refractivity contribution in [2.45, 2.75) is 0 Å². The van der Waals surface area contributed by atoms with Crippen LogP contribution in [0.5, 0.6) is 0 Å². The molecule has 1 N–H and O–H groups in total. The minimum Gasteiger partial charge on any atom is -0.428 e. The van der Waals surface area contributed by atoms with E-state index < -0.39 is 0 Å². The summed E-state index contributed by atoms with van der Waals surface area (Å²) in [5.41, 5.74) is 0. The molecule has 0 atom stereocenters. The Morgan fingerprint density at radius 3 is 1.75 bits per heavy atom. The normalized spacial score (nSPS) is 4.50. The first-order valence-electron chi connectivity index (χ1n) is 0.816. The van der Waals surface area contributed by atoms with Crippen LogP contribution < -0.4 is 0 Å². The molecule has 0 aromatic rings. The maximum Gasteiger partial charge on any atom is 2.00 e. The smallest absolute Gasteiger partial charge is 0.428 e. The van der Waals surface area contributed by atoms with Gasteiger partial charge in [0.05, 0.1) is 0 Å². The van der Waals surface area contributed by atoms with Gasteiger partial charge in [-0.2, -0.15) is 0 Å². The summed E-state index contributed by atoms with van der Waals surface area (Å²) in [4.78, 5) is 0. The maximum atomic E-state index is 7.46. The fourth-order valence-electron chi connectivity index (χ4n) is 0. The quantitative estimate of drug-likeness (QED) is 0.422. The van der Waals surface area contributed by atoms with Crippen LogP contribution in [0.2, 0.25) is 0 Å². The summed E-state index contributed by atoms with van der Waals surface area (Å²) in [6.07, 6.45) is 0. The molecule has 1 nitrogen and oxygen atoms in total. The summed E-state index contributed by atoms with van der Waals surface area (Å²) >= 11 is 0. The molecule has 2 heteroatoms. The summed E-state index contributed by atoms with van der Waals surface area (Å²) in [5.74, 6) is 0. The van der Waals surface area contributed by atoms with Crippen LogP contribution in [-0.2, 0) is 16.8 Å². The summed E-state index contributed by atoms with van der Waals surface area (Å²) < 4.78 is 0. The molecule has 0 rings (SSSR count). The Morgan fingerprint density at radius 2 is 1.75 bits per heavy atom. The molecule has 27 valence electrons. The molecular weight excluding hydrogens is 99.0 g/mol. The molecule has 0 unspecified atom stereocenters. The van der Waals surface area contributed by atoms with E-state index in [1.165, 1.54) is 0 Å². The minimum atomic E-state index is 0. The SMILES string of the molecule is [CH2-]CO.[Co+2]. The van der Waals surface area contributed by atoms with E-state index in [0.717, 1.165) is 0 Å². The van der Waals surface area contributed by atoms with Gasteiger partial charge in [0.25, 0.3) is 0 Å². The van der Waals surface area contributed by atoms with E-state index in [9.17, 15) is 0 Å². The number of aliphatic hydroxyl groups excluding tert-OH is 1. The van der Waals surface area contributed by atoms with E-state index in [4.69, 9.17) is 5.11 Å². The Hall–Kier alpha value is 0.466. The van der Waals surface area contributed by atoms with Crippen LogP contribution >= 0.6 is 0 Å². The summed E-state index contributed by atoms with van der Waals surface area (Å²) in [6, 6.07) is 0. The third-order valence-corrected chi connectivity index (χ3v) is 0. The summed E-state index contributed by atoms with van der Waals surface area (Å²) in [7, 11) is 0. The van der Waals surface area contributed by atoms with Crippen molar-refractivity contribution in [3.8, 4) is 0 Å². The van der Waals surface area contributed by atoms with Crippen LogP contribution in [0.25, 0.3) is 0 Å². The second-order valence-corrected chi connectivity index (χ2v) is 0.224. The fourth-order valence-corrected chi connectivity index (χ4v) is 0. The average Bonchev–Trinajstić information content (AvgIpc) is 0.918. The number of aliphatic hydroxyl groups is 1. The third-order valence-electron chi connectivity index (χ3n) is 0. The molecule has 0 aromatic heterocycles. The van der Waals surface area contributed by atoms with Crippen LogP contribution in [0, 0.1) is 6.92 Å². The molecular formula is C2H5CoO+. The zero-order valence-corrected chi connectivity index (χ0v) is 3.24. The molecule has 0 spiro atoms. The Balaban J connectivity index is 0. The van der Waals surface area contributed by atoms with Crippen molar-refractivity contribution < 1.29 is 21.9 Å². The molecule has 0 aromatic carbocycles. The fraction of sp³-hybridized carbons (Fsp3) is 0.500. The molecule has 4 heavy (non-hydrogen) atoms. The molecule has 0 amide bonds. The molecule has 0 aliphatic heterocycles. The predicted molar refractivity (Wildman–Crippen MR) is 12.4 cm³/mol. The van der Waals surface area contributed by atoms with E-state index in [2.05, 4.69) is 6.92 Å². The minimum absolute atomic E-state index is 0. The van der Waals surface area contributed by atoms with Crippen molar-refractivity contribution >= 4 is 0 Å². The van der Waals surface area contributed by atoms with Gasteiger partial charge in [-0.1, -0.05) is 6.61 Å². The van der Waals surface area contributed by atoms with Crippen LogP contribution in [0.3, 0.4) is 0 Å². The van der Waals surface area contributed by atoms with Crippen LogP contribution in [0.15, 0.2) is 0 Å². The van der Waals surface area contributed by atoms with Gasteiger partial charge < -0.3 is 12.0 Å². The Labute approximate surface area is 36.2 Å². The second kappa shape index (κ2) is 9.81. The van der Waals surface area contributed by atoms with Gasteiger partial charge in [0.2, 0.25) is 0 Å². The molecule has 1 radical (unpaired) electrons. The van der Waals surface area contributed by atoms with Crippen molar-refractivity contribution in [1.29, 1.82) is 0 Å². The molecule has 0 aliphatic rings. The zero-order chi connectivity index (χ0) is 2.71. The van der Waals surface area contributed by atoms with Crippen molar-refractivity contribution in [3.05, 3.63) is 6.92 Å². The molecule has 0 heterocycles. The van der Waals surface area contributed by atoms with Gasteiger partial charge in [0.15, 0.2) is 0 Å². The van der Waals surface area contributed by atoms with Gasteiger partial charge in [0, 0.05) is 0 Å². The van der Waals surface area contributed by atoms with E-state index >= 15 is 0 Å². The van der Waals surface area contributed by atoms with Crippen molar-refractivity contribution in [1.82, 2.24) is 0 Å². The zero-order valence-electron chi connectivity index (χ0n) is 2.19. The third kappa shape index (κ3) is 24.4. The standard InChI is InChI=1S/C2H5O.Co/c1-2-3;/h3H,1-2H2;/q-1;+2. The van der Waals surface area contributed by atoms with E-state index in [-0.39, 0.29) is 23.4 Å². The molecule has 0 saturated carbocycles. The van der Waals surface area contributed by atoms with E-state index in [1.807, 2.05) is 0 Å². The first-order valence-corrected chi connectivity index (χ1v) is 0.816. The topological polar surface area (TPSA) is 20.2 Å². The van der Waals surface area contributed by atoms with Crippen LogP contribution in [0.4, 0.5) is 0 Å². The monoisotopic (exact) mass is 104 g/mol. The van der Waals surface area contributed by atoms with Crippen LogP contribution in [-0.4, -0.2) is 11.7 Å². The summed E-state index contributed by atoms with van der Waals surface area (Å²) in [5, 5.41) is 7.46. The first-order chi connectivity index (χ1) is 1.41. The molecule has 0 aliphatic carbocycles. The molecule has 0 bridgehead atoms. The Bertz CT molecular complexity index is 6.00. The largest absolute Gasteiger partial charge is 2.00 e. The van der Waals surface area contributed by atoms with Crippen molar-refractivity contribution in [2.24, 2.45) is 0 Å². The second-order valence-electron chi connectivity index (χ2n) is 0.224. The average molecular weight is 104 g/mol. The van der Waals surface area contributed by atoms with Gasteiger partial charge in [-0.15, -0.1) is 0 Å². The number of hydrogen-bond acceptors (Lipinski definition) is 1. The van der Waals surface area contributed by atoms with E-state index in [1.54, 1.807) is 0 Å². The van der Waals surface area contributed by atoms with Gasteiger partial charge in [-0.3, -0.25) is 0 Å². The summed E-state index contributed by atoms with van der Waals surface area (Å²) in [6.45, 7) is 3.04. The Kier molecular flexibility index (Phi) is 21.6.